The molecule has 1 amide bonds. The maximum Gasteiger partial charge on any atom is 0.220 e. The Bertz CT molecular complexity index is 1740. The van der Waals surface area contributed by atoms with E-state index >= 15 is 0 Å². The van der Waals surface area contributed by atoms with Gasteiger partial charge in [-0.25, -0.2) is 0 Å². The fourth-order valence-electron chi connectivity index (χ4n) is 10.1. The van der Waals surface area contributed by atoms with Gasteiger partial charge in [0.1, 0.15) is 48.8 Å². The number of amides is 1. The quantitative estimate of drug-likeness (QED) is 0.0204. The molecule has 0 aromatic heterocycles. The van der Waals surface area contributed by atoms with Crippen LogP contribution < -0.4 is 5.32 Å². The minimum atomic E-state index is -1.80. The van der Waals surface area contributed by atoms with Crippen LogP contribution in [0.4, 0.5) is 0 Å². The van der Waals surface area contributed by atoms with E-state index in [0.29, 0.717) is 12.8 Å². The Morgan fingerprint density at radius 1 is 0.451 bits per heavy atom. The van der Waals surface area contributed by atoms with Crippen LogP contribution in [0.2, 0.25) is 0 Å². The first-order valence-electron chi connectivity index (χ1n) is 32.5. The van der Waals surface area contributed by atoms with E-state index in [0.717, 1.165) is 83.5 Å². The van der Waals surface area contributed by atoms with Crippen molar-refractivity contribution < 1.29 is 64.6 Å². The first-order chi connectivity index (χ1) is 40.1. The molecule has 9 N–H and O–H groups in total. The van der Waals surface area contributed by atoms with Gasteiger partial charge in [0.25, 0.3) is 0 Å². The highest BCUT2D eigenvalue weighted by Gasteiger charge is 2.51. The highest BCUT2D eigenvalue weighted by Crippen LogP contribution is 2.30. The average molecular weight is 1160 g/mol. The van der Waals surface area contributed by atoms with E-state index in [2.05, 4.69) is 104 Å². The number of unbranched alkanes of at least 4 members (excludes halogenated alkanes) is 24. The van der Waals surface area contributed by atoms with E-state index in [1.165, 1.54) is 116 Å². The van der Waals surface area contributed by atoms with Gasteiger partial charge in [-0.05, 0) is 89.9 Å². The summed E-state index contributed by atoms with van der Waals surface area (Å²) in [6.45, 7) is 2.66. The van der Waals surface area contributed by atoms with Crippen molar-refractivity contribution in [1.29, 1.82) is 0 Å². The van der Waals surface area contributed by atoms with Crippen LogP contribution in [-0.2, 0) is 23.7 Å². The zero-order chi connectivity index (χ0) is 59.5. The Labute approximate surface area is 496 Å². The van der Waals surface area contributed by atoms with Gasteiger partial charge < -0.3 is 65.1 Å². The fourth-order valence-corrected chi connectivity index (χ4v) is 10.1. The molecule has 2 fully saturated rings. The molecule has 2 rings (SSSR count). The van der Waals surface area contributed by atoms with Gasteiger partial charge in [-0.15, -0.1) is 0 Å². The first-order valence-corrected chi connectivity index (χ1v) is 32.5. The van der Waals surface area contributed by atoms with Crippen LogP contribution in [-0.4, -0.2) is 140 Å². The molecule has 14 nitrogen and oxygen atoms in total. The number of aliphatic hydroxyl groups excluding tert-OH is 8. The number of aliphatic hydroxyl groups is 8. The Balaban J connectivity index is 1.72. The molecule has 0 radical (unpaired) electrons. The van der Waals surface area contributed by atoms with Crippen molar-refractivity contribution in [2.75, 3.05) is 19.8 Å². The Kier molecular flexibility index (Phi) is 47.8. The van der Waals surface area contributed by atoms with E-state index < -0.39 is 86.8 Å². The lowest BCUT2D eigenvalue weighted by Gasteiger charge is -2.46. The normalized spacial score (nSPS) is 24.6. The van der Waals surface area contributed by atoms with Crippen LogP contribution >= 0.6 is 0 Å². The molecule has 0 aromatic carbocycles. The second kappa shape index (κ2) is 52.3. The number of hydrogen-bond acceptors (Lipinski definition) is 13. The van der Waals surface area contributed by atoms with Gasteiger partial charge in [-0.1, -0.05) is 233 Å². The predicted octanol–water partition coefficient (Wildman–Crippen LogP) is 12.2. The van der Waals surface area contributed by atoms with Gasteiger partial charge in [-0.2, -0.15) is 0 Å². The lowest BCUT2D eigenvalue weighted by Crippen LogP contribution is -2.65. The summed E-state index contributed by atoms with van der Waals surface area (Å²) in [6, 6.07) is -0.945. The molecular formula is C68H117NO13. The number of ether oxygens (including phenoxy) is 4. The van der Waals surface area contributed by atoms with Crippen LogP contribution in [0, 0.1) is 0 Å². The summed E-state index contributed by atoms with van der Waals surface area (Å²) in [5.74, 6) is -0.258. The van der Waals surface area contributed by atoms with Crippen LogP contribution in [0.25, 0.3) is 0 Å². The summed E-state index contributed by atoms with van der Waals surface area (Å²) >= 11 is 0. The van der Waals surface area contributed by atoms with Gasteiger partial charge in [0.05, 0.1) is 32.0 Å². The molecule has 14 heteroatoms. The molecule has 12 atom stereocenters. The van der Waals surface area contributed by atoms with Gasteiger partial charge in [0, 0.05) is 6.42 Å². The van der Waals surface area contributed by atoms with E-state index in [1.807, 2.05) is 6.08 Å². The van der Waals surface area contributed by atoms with Crippen LogP contribution in [0.1, 0.15) is 232 Å². The Hall–Kier alpha value is -3.09. The van der Waals surface area contributed by atoms with E-state index in [-0.39, 0.29) is 18.9 Å². The lowest BCUT2D eigenvalue weighted by atomic mass is 9.97. The second-order valence-corrected chi connectivity index (χ2v) is 22.5. The molecule has 0 saturated carbocycles. The SMILES string of the molecule is CC/C=C\C/C=C\C/C=C\C/C=C\C/C=C\CCCCCCCCCCCCCCCC(=O)NC(COC1OC(CO)C(OC2OC(CO)C(O)C(O)C2O)C(O)C1O)C(O)/C=C/CC/C=C/CC/C=C/CCCCCCCCCCC. The van der Waals surface area contributed by atoms with Crippen molar-refractivity contribution in [3.8, 4) is 0 Å². The van der Waals surface area contributed by atoms with Gasteiger partial charge in [0.2, 0.25) is 5.91 Å². The number of hydrogen-bond donors (Lipinski definition) is 9. The highest BCUT2D eigenvalue weighted by atomic mass is 16.7. The molecule has 472 valence electrons. The van der Waals surface area contributed by atoms with Crippen molar-refractivity contribution in [3.05, 3.63) is 97.2 Å². The zero-order valence-corrected chi connectivity index (χ0v) is 50.9. The maximum absolute atomic E-state index is 13.3. The number of allylic oxidation sites excluding steroid dienone is 15. The first kappa shape index (κ1) is 75.0. The smallest absolute Gasteiger partial charge is 0.220 e. The van der Waals surface area contributed by atoms with Crippen molar-refractivity contribution >= 4 is 5.91 Å². The molecule has 2 aliphatic heterocycles. The van der Waals surface area contributed by atoms with Crippen LogP contribution in [0.5, 0.6) is 0 Å². The summed E-state index contributed by atoms with van der Waals surface area (Å²) in [5, 5.41) is 87.2. The molecule has 0 aliphatic carbocycles. The third-order valence-corrected chi connectivity index (χ3v) is 15.2. The van der Waals surface area contributed by atoms with Gasteiger partial charge >= 0.3 is 0 Å². The van der Waals surface area contributed by atoms with Crippen molar-refractivity contribution in [2.45, 2.75) is 306 Å². The largest absolute Gasteiger partial charge is 0.394 e. The molecule has 12 unspecified atom stereocenters. The van der Waals surface area contributed by atoms with Crippen molar-refractivity contribution in [2.24, 2.45) is 0 Å². The molecule has 2 saturated heterocycles. The minimum absolute atomic E-state index is 0.258. The molecule has 82 heavy (non-hydrogen) atoms. The molecule has 0 spiro atoms. The lowest BCUT2D eigenvalue weighted by molar-refractivity contribution is -0.359. The Morgan fingerprint density at radius 3 is 1.34 bits per heavy atom. The molecular weight excluding hydrogens is 1040 g/mol. The van der Waals surface area contributed by atoms with Gasteiger partial charge in [0.15, 0.2) is 12.6 Å². The highest BCUT2D eigenvalue weighted by molar-refractivity contribution is 5.76. The zero-order valence-electron chi connectivity index (χ0n) is 50.9. The van der Waals surface area contributed by atoms with Gasteiger partial charge in [-0.3, -0.25) is 4.79 Å². The van der Waals surface area contributed by atoms with E-state index in [1.54, 1.807) is 6.08 Å². The third kappa shape index (κ3) is 36.7. The number of rotatable bonds is 51. The average Bonchev–Trinajstić information content (AvgIpc) is 3.65. The molecule has 2 aliphatic rings. The minimum Gasteiger partial charge on any atom is -0.394 e. The Morgan fingerprint density at radius 2 is 0.854 bits per heavy atom. The third-order valence-electron chi connectivity index (χ3n) is 15.2. The van der Waals surface area contributed by atoms with Crippen LogP contribution in [0.3, 0.4) is 0 Å². The predicted molar refractivity (Wildman–Crippen MR) is 332 cm³/mol. The number of carbonyl (C=O) groups excluding carboxylic acids is 1. The monoisotopic (exact) mass is 1160 g/mol. The molecule has 0 bridgehead atoms. The summed E-state index contributed by atoms with van der Waals surface area (Å²) in [7, 11) is 0. The standard InChI is InChI=1S/C68H117NO13/c1-3-5-7-9-11-13-15-17-19-21-23-24-25-26-27-28-29-30-31-32-34-36-38-40-42-44-46-48-50-52-60(73)69-56(57(72)51-49-47-45-43-41-39-37-35-33-22-20-18-16-14-12-10-8-6-4-2)55-79-67-65(78)63(76)66(59(54-71)81-67)82-68-64(77)62(75)61(74)58(53-70)80-68/h5,7,11,13,17,19,23-24,26-27,33,35,41,43,49,51,56-59,61-68,70-72,74-78H,3-4,6,8-10,12,14-16,18,20-22,25,28-32,34,36-40,42,44-48,50,52-55H2,1-2H3,(H,69,73)/b7-5-,13-11-,19-17-,24-23-,27-26-,35-33+,43-41+,51-49+. The maximum atomic E-state index is 13.3. The van der Waals surface area contributed by atoms with Crippen molar-refractivity contribution in [3.63, 3.8) is 0 Å². The fraction of sp³-hybridized carbons (Fsp3) is 0.750. The summed E-state index contributed by atoms with van der Waals surface area (Å²) in [5.41, 5.74) is 0. The molecule has 0 aromatic rings. The second-order valence-electron chi connectivity index (χ2n) is 22.5. The topological polar surface area (TPSA) is 228 Å². The van der Waals surface area contributed by atoms with E-state index in [9.17, 15) is 45.6 Å². The summed E-state index contributed by atoms with van der Waals surface area (Å²) in [4.78, 5) is 13.3. The van der Waals surface area contributed by atoms with Crippen molar-refractivity contribution in [1.82, 2.24) is 5.32 Å². The number of carbonyl (C=O) groups is 1. The number of nitrogens with one attached hydrogen (secondary N) is 1. The van der Waals surface area contributed by atoms with E-state index in [4.69, 9.17) is 18.9 Å². The van der Waals surface area contributed by atoms with Crippen LogP contribution in [0.15, 0.2) is 97.2 Å². The molecule has 2 heterocycles. The summed E-state index contributed by atoms with van der Waals surface area (Å²) in [6.07, 6.45) is 55.9. The summed E-state index contributed by atoms with van der Waals surface area (Å²) < 4.78 is 22.8.